The van der Waals surface area contributed by atoms with Crippen LogP contribution in [0.1, 0.15) is 33.1 Å². The molecular formula is C25H39ClF3N5O. The average molecular weight is 518 g/mol. The maximum atomic E-state index is 15.6. The number of aliphatic hydroxyl groups excluding tert-OH is 1. The van der Waals surface area contributed by atoms with Crippen molar-refractivity contribution >= 4 is 23.0 Å². The molecule has 2 heterocycles. The molecule has 198 valence electrons. The molecule has 2 aliphatic heterocycles. The van der Waals surface area contributed by atoms with E-state index in [0.717, 1.165) is 12.8 Å². The molecule has 0 radical (unpaired) electrons. The summed E-state index contributed by atoms with van der Waals surface area (Å²) in [7, 11) is 0. The number of anilines is 2. The van der Waals surface area contributed by atoms with Crippen LogP contribution in [0.3, 0.4) is 0 Å². The third kappa shape index (κ3) is 5.69. The van der Waals surface area contributed by atoms with Gasteiger partial charge in [0, 0.05) is 43.3 Å². The normalized spacial score (nSPS) is 33.7. The molecule has 10 heteroatoms. The molecule has 2 saturated heterocycles. The summed E-state index contributed by atoms with van der Waals surface area (Å²) in [5.74, 6) is -1.25. The average Bonchev–Trinajstić information content (AvgIpc) is 2.96. The Morgan fingerprint density at radius 1 is 1.17 bits per heavy atom. The highest BCUT2D eigenvalue weighted by molar-refractivity contribution is 6.20. The number of fused-ring (bicyclic) bond motifs is 3. The molecule has 6 nitrogen and oxygen atoms in total. The minimum atomic E-state index is -0.943. The van der Waals surface area contributed by atoms with E-state index in [9.17, 15) is 4.39 Å². The van der Waals surface area contributed by atoms with Gasteiger partial charge >= 0.3 is 0 Å². The number of rotatable bonds is 8. The molecule has 0 amide bonds. The smallest absolute Gasteiger partial charge is 0.151 e. The number of halogens is 4. The maximum absolute atomic E-state index is 15.6. The molecule has 3 aliphatic rings. The predicted octanol–water partition coefficient (Wildman–Crippen LogP) is 3.35. The summed E-state index contributed by atoms with van der Waals surface area (Å²) in [5, 5.41) is 18.2. The van der Waals surface area contributed by atoms with E-state index in [2.05, 4.69) is 20.9 Å². The zero-order chi connectivity index (χ0) is 25.1. The Kier molecular flexibility index (Phi) is 9.08. The summed E-state index contributed by atoms with van der Waals surface area (Å²) >= 11 is 6.60. The van der Waals surface area contributed by atoms with Crippen LogP contribution >= 0.6 is 11.6 Å². The standard InChI is InChI=1S/C25H39ClF3N5O/c1-3-33-14-34(24-19(27)11-17(12-20(24)28)31-7-6-30-8-9-35)22-10-16(26)4-5-18(22)23-15(2)21(29)13-32-25(23)33/h11-12,15-16,18,21-23,25,30-32,35H,3-10,13-14H2,1-2H3. The van der Waals surface area contributed by atoms with Gasteiger partial charge in [0.1, 0.15) is 11.9 Å². The Morgan fingerprint density at radius 2 is 1.91 bits per heavy atom. The molecule has 0 spiro atoms. The highest BCUT2D eigenvalue weighted by Gasteiger charge is 2.51. The van der Waals surface area contributed by atoms with Crippen molar-refractivity contribution in [3.8, 4) is 0 Å². The number of aliphatic hydroxyl groups is 1. The van der Waals surface area contributed by atoms with Gasteiger partial charge in [0.2, 0.25) is 0 Å². The highest BCUT2D eigenvalue weighted by atomic mass is 35.5. The molecule has 0 bridgehead atoms. The number of nitrogens with one attached hydrogen (secondary N) is 3. The van der Waals surface area contributed by atoms with Crippen LogP contribution < -0.4 is 20.9 Å². The van der Waals surface area contributed by atoms with Gasteiger partial charge in [0.05, 0.1) is 19.4 Å². The molecule has 1 aromatic carbocycles. The topological polar surface area (TPSA) is 62.8 Å². The summed E-state index contributed by atoms with van der Waals surface area (Å²) in [6.45, 7) is 6.89. The Labute approximate surface area is 211 Å². The Hall–Kier alpha value is -1.26. The molecule has 1 aromatic rings. The van der Waals surface area contributed by atoms with E-state index in [-0.39, 0.29) is 47.6 Å². The van der Waals surface area contributed by atoms with E-state index in [1.54, 1.807) is 0 Å². The molecular weight excluding hydrogens is 479 g/mol. The molecule has 3 fully saturated rings. The van der Waals surface area contributed by atoms with Crippen LogP contribution in [0.25, 0.3) is 0 Å². The van der Waals surface area contributed by atoms with Crippen molar-refractivity contribution in [2.24, 2.45) is 17.8 Å². The number of alkyl halides is 2. The third-order valence-corrected chi connectivity index (χ3v) is 8.52. The minimum absolute atomic E-state index is 0.0312. The van der Waals surface area contributed by atoms with Gasteiger partial charge < -0.3 is 20.6 Å². The van der Waals surface area contributed by atoms with Crippen LogP contribution in [0.15, 0.2) is 12.1 Å². The highest BCUT2D eigenvalue weighted by Crippen LogP contribution is 2.47. The van der Waals surface area contributed by atoms with E-state index < -0.39 is 17.8 Å². The lowest BCUT2D eigenvalue weighted by atomic mass is 9.67. The fraction of sp³-hybridized carbons (Fsp3) is 0.760. The van der Waals surface area contributed by atoms with Crippen LogP contribution in [0.2, 0.25) is 0 Å². The lowest BCUT2D eigenvalue weighted by Crippen LogP contribution is -2.60. The number of piperidine rings is 1. The zero-order valence-electron chi connectivity index (χ0n) is 20.6. The molecule has 1 aliphatic carbocycles. The van der Waals surface area contributed by atoms with Crippen LogP contribution in [-0.4, -0.2) is 79.8 Å². The van der Waals surface area contributed by atoms with Gasteiger partial charge in [-0.1, -0.05) is 13.8 Å². The second-order valence-electron chi connectivity index (χ2n) is 10.2. The Bertz CT molecular complexity index is 828. The monoisotopic (exact) mass is 517 g/mol. The van der Waals surface area contributed by atoms with Gasteiger partial charge in [-0.15, -0.1) is 11.6 Å². The van der Waals surface area contributed by atoms with E-state index in [0.29, 0.717) is 51.5 Å². The number of hydrogen-bond donors (Lipinski definition) is 4. The summed E-state index contributed by atoms with van der Waals surface area (Å²) in [6.07, 6.45) is 1.28. The van der Waals surface area contributed by atoms with Gasteiger partial charge in [-0.3, -0.25) is 10.2 Å². The van der Waals surface area contributed by atoms with Gasteiger partial charge in [-0.2, -0.15) is 0 Å². The first-order chi connectivity index (χ1) is 16.8. The first kappa shape index (κ1) is 26.8. The molecule has 7 unspecified atom stereocenters. The first-order valence-electron chi connectivity index (χ1n) is 12.9. The van der Waals surface area contributed by atoms with Crippen LogP contribution in [-0.2, 0) is 0 Å². The van der Waals surface area contributed by atoms with Crippen molar-refractivity contribution in [1.82, 2.24) is 15.5 Å². The quantitative estimate of drug-likeness (QED) is 0.313. The molecule has 4 rings (SSSR count). The fourth-order valence-corrected chi connectivity index (χ4v) is 6.68. The van der Waals surface area contributed by atoms with E-state index in [1.165, 1.54) is 12.1 Å². The number of benzene rings is 1. The van der Waals surface area contributed by atoms with E-state index in [1.807, 2.05) is 18.7 Å². The molecule has 1 saturated carbocycles. The van der Waals surface area contributed by atoms with Crippen molar-refractivity contribution in [3.05, 3.63) is 23.8 Å². The van der Waals surface area contributed by atoms with Crippen molar-refractivity contribution in [1.29, 1.82) is 0 Å². The number of nitrogens with zero attached hydrogens (tertiary/aromatic N) is 2. The third-order valence-electron chi connectivity index (χ3n) is 8.12. The van der Waals surface area contributed by atoms with E-state index >= 15 is 8.78 Å². The Morgan fingerprint density at radius 3 is 2.60 bits per heavy atom. The maximum Gasteiger partial charge on any atom is 0.151 e. The summed E-state index contributed by atoms with van der Waals surface area (Å²) in [5.41, 5.74) is 0.340. The largest absolute Gasteiger partial charge is 0.395 e. The van der Waals surface area contributed by atoms with Crippen molar-refractivity contribution in [2.75, 3.05) is 56.2 Å². The lowest BCUT2D eigenvalue weighted by Gasteiger charge is -2.48. The Balaban J connectivity index is 1.65. The SMILES string of the molecule is CCN1CN(c2c(F)cc(NCCNCCO)cc2F)C2CC(Cl)CCC2C2C(C)C(F)CNC21. The van der Waals surface area contributed by atoms with Gasteiger partial charge in [0.15, 0.2) is 11.6 Å². The minimum Gasteiger partial charge on any atom is -0.395 e. The lowest BCUT2D eigenvalue weighted by molar-refractivity contribution is -0.00821. The van der Waals surface area contributed by atoms with E-state index in [4.69, 9.17) is 16.7 Å². The second kappa shape index (κ2) is 11.9. The zero-order valence-corrected chi connectivity index (χ0v) is 21.4. The molecule has 7 atom stereocenters. The fourth-order valence-electron chi connectivity index (χ4n) is 6.37. The van der Waals surface area contributed by atoms with Gasteiger partial charge in [-0.05, 0) is 55.7 Å². The molecule has 4 N–H and O–H groups in total. The van der Waals surface area contributed by atoms with Gasteiger partial charge in [-0.25, -0.2) is 13.2 Å². The van der Waals surface area contributed by atoms with Crippen LogP contribution in [0.4, 0.5) is 24.5 Å². The molecule has 0 aromatic heterocycles. The molecule has 35 heavy (non-hydrogen) atoms. The van der Waals surface area contributed by atoms with Gasteiger partial charge in [0.25, 0.3) is 0 Å². The van der Waals surface area contributed by atoms with Crippen molar-refractivity contribution in [2.45, 2.75) is 56.9 Å². The predicted molar refractivity (Wildman–Crippen MR) is 135 cm³/mol. The summed E-state index contributed by atoms with van der Waals surface area (Å²) in [4.78, 5) is 4.05. The summed E-state index contributed by atoms with van der Waals surface area (Å²) in [6, 6.07) is 2.51. The van der Waals surface area contributed by atoms with Crippen LogP contribution in [0.5, 0.6) is 0 Å². The van der Waals surface area contributed by atoms with Crippen molar-refractivity contribution in [3.63, 3.8) is 0 Å². The van der Waals surface area contributed by atoms with Crippen LogP contribution in [0, 0.1) is 29.4 Å². The van der Waals surface area contributed by atoms with Crippen molar-refractivity contribution < 1.29 is 18.3 Å². The second-order valence-corrected chi connectivity index (χ2v) is 10.8. The number of hydrogen-bond acceptors (Lipinski definition) is 6. The summed E-state index contributed by atoms with van der Waals surface area (Å²) < 4.78 is 46.0. The first-order valence-corrected chi connectivity index (χ1v) is 13.4.